The molecule has 0 bridgehead atoms. The van der Waals surface area contributed by atoms with E-state index in [9.17, 15) is 4.79 Å². The molecule has 3 aromatic rings. The lowest BCUT2D eigenvalue weighted by Gasteiger charge is -2.35. The Hall–Kier alpha value is -3.42. The summed E-state index contributed by atoms with van der Waals surface area (Å²) in [5, 5.41) is 0. The van der Waals surface area contributed by atoms with Gasteiger partial charge in [0, 0.05) is 50.2 Å². The molecule has 29 heavy (non-hydrogen) atoms. The quantitative estimate of drug-likeness (QED) is 0.663. The van der Waals surface area contributed by atoms with Crippen LogP contribution in [0.5, 0.6) is 5.75 Å². The van der Waals surface area contributed by atoms with E-state index in [2.05, 4.69) is 19.9 Å². The topological polar surface area (TPSA) is 76.4 Å². The Kier molecular flexibility index (Phi) is 5.41. The van der Waals surface area contributed by atoms with Gasteiger partial charge in [0.2, 0.25) is 0 Å². The molecular weight excluding hydrogens is 368 g/mol. The Morgan fingerprint density at radius 1 is 1.07 bits per heavy atom. The smallest absolute Gasteiger partial charge is 0.253 e. The molecule has 0 radical (unpaired) electrons. The number of aromatic nitrogens is 4. The van der Waals surface area contributed by atoms with E-state index in [0.717, 1.165) is 30.5 Å². The van der Waals surface area contributed by atoms with Crippen molar-refractivity contribution in [3.63, 3.8) is 0 Å². The maximum atomic E-state index is 12.8. The molecule has 0 N–H and O–H groups in total. The van der Waals surface area contributed by atoms with Crippen molar-refractivity contribution in [1.29, 1.82) is 0 Å². The average Bonchev–Trinajstić information content (AvgIpc) is 3.29. The Morgan fingerprint density at radius 2 is 1.79 bits per heavy atom. The monoisotopic (exact) mass is 392 g/mol. The molecule has 1 aliphatic heterocycles. The van der Waals surface area contributed by atoms with Crippen molar-refractivity contribution in [2.24, 2.45) is 0 Å². The van der Waals surface area contributed by atoms with Crippen molar-refractivity contribution in [2.45, 2.75) is 13.8 Å². The maximum Gasteiger partial charge on any atom is 0.253 e. The van der Waals surface area contributed by atoms with Crippen molar-refractivity contribution >= 4 is 11.7 Å². The minimum Gasteiger partial charge on any atom is -0.494 e. The number of rotatable bonds is 5. The molecule has 1 fully saturated rings. The fourth-order valence-corrected chi connectivity index (χ4v) is 3.41. The van der Waals surface area contributed by atoms with Gasteiger partial charge in [0.25, 0.3) is 5.91 Å². The predicted octanol–water partition coefficient (Wildman–Crippen LogP) is 2.33. The van der Waals surface area contributed by atoms with Gasteiger partial charge in [-0.2, -0.15) is 0 Å². The molecule has 8 nitrogen and oxygen atoms in total. The van der Waals surface area contributed by atoms with Crippen LogP contribution in [0.1, 0.15) is 23.1 Å². The molecule has 4 rings (SSSR count). The van der Waals surface area contributed by atoms with E-state index in [1.54, 1.807) is 12.5 Å². The van der Waals surface area contributed by atoms with Crippen LogP contribution in [0.25, 0.3) is 5.82 Å². The fourth-order valence-electron chi connectivity index (χ4n) is 3.41. The highest BCUT2D eigenvalue weighted by atomic mass is 16.5. The van der Waals surface area contributed by atoms with Crippen LogP contribution in [-0.2, 0) is 0 Å². The normalized spacial score (nSPS) is 14.1. The molecule has 150 valence electrons. The summed E-state index contributed by atoms with van der Waals surface area (Å²) in [4.78, 5) is 30.0. The van der Waals surface area contributed by atoms with Crippen LogP contribution < -0.4 is 9.64 Å². The van der Waals surface area contributed by atoms with Crippen LogP contribution in [0.3, 0.4) is 0 Å². The highest BCUT2D eigenvalue weighted by Gasteiger charge is 2.23. The van der Waals surface area contributed by atoms with E-state index in [0.29, 0.717) is 31.1 Å². The molecule has 0 spiro atoms. The van der Waals surface area contributed by atoms with Crippen LogP contribution in [0, 0.1) is 6.92 Å². The van der Waals surface area contributed by atoms with E-state index in [1.165, 1.54) is 0 Å². The molecule has 8 heteroatoms. The van der Waals surface area contributed by atoms with Gasteiger partial charge in [0.05, 0.1) is 6.61 Å². The van der Waals surface area contributed by atoms with Crippen LogP contribution >= 0.6 is 0 Å². The number of amides is 1. The molecule has 0 saturated carbocycles. The first-order valence-electron chi connectivity index (χ1n) is 9.75. The number of piperazine rings is 1. The second kappa shape index (κ2) is 8.30. The number of hydrogen-bond acceptors (Lipinski definition) is 6. The third kappa shape index (κ3) is 4.21. The van der Waals surface area contributed by atoms with Gasteiger partial charge < -0.3 is 14.5 Å². The summed E-state index contributed by atoms with van der Waals surface area (Å²) in [6.07, 6.45) is 5.31. The Labute approximate surface area is 169 Å². The first kappa shape index (κ1) is 18.9. The predicted molar refractivity (Wildman–Crippen MR) is 110 cm³/mol. The van der Waals surface area contributed by atoms with Gasteiger partial charge in [0.15, 0.2) is 0 Å². The number of carbonyl (C=O) groups excluding carboxylic acids is 1. The number of hydrogen-bond donors (Lipinski definition) is 0. The zero-order chi connectivity index (χ0) is 20.2. The molecule has 2 aromatic heterocycles. The molecule has 1 aromatic carbocycles. The molecule has 0 unspecified atom stereocenters. The van der Waals surface area contributed by atoms with E-state index < -0.39 is 0 Å². The minimum absolute atomic E-state index is 0.0469. The fraction of sp³-hybridized carbons (Fsp3) is 0.333. The third-order valence-corrected chi connectivity index (χ3v) is 4.88. The molecule has 0 atom stereocenters. The highest BCUT2D eigenvalue weighted by molar-refractivity contribution is 5.94. The van der Waals surface area contributed by atoms with Crippen molar-refractivity contribution < 1.29 is 9.53 Å². The lowest BCUT2D eigenvalue weighted by atomic mass is 10.1. The summed E-state index contributed by atoms with van der Waals surface area (Å²) in [7, 11) is 0. The van der Waals surface area contributed by atoms with Gasteiger partial charge >= 0.3 is 0 Å². The zero-order valence-electron chi connectivity index (χ0n) is 16.7. The number of ether oxygens (including phenoxy) is 1. The zero-order valence-corrected chi connectivity index (χ0v) is 16.7. The molecule has 1 aliphatic rings. The van der Waals surface area contributed by atoms with Crippen molar-refractivity contribution in [3.8, 4) is 11.6 Å². The van der Waals surface area contributed by atoms with E-state index >= 15 is 0 Å². The summed E-state index contributed by atoms with van der Waals surface area (Å²) in [5.41, 5.74) is 0.683. The van der Waals surface area contributed by atoms with Crippen LogP contribution in [0.4, 0.5) is 5.82 Å². The van der Waals surface area contributed by atoms with Crippen molar-refractivity contribution in [2.75, 3.05) is 37.7 Å². The first-order chi connectivity index (χ1) is 14.1. The molecular formula is C21H24N6O2. The standard InChI is InChI=1S/C21H24N6O2/c1-3-29-18-6-4-17(5-7-18)21(28)26-12-10-25(11-13-26)19-14-20(24-16(2)23-19)27-9-8-22-15-27/h4-9,14-15H,3,10-13H2,1-2H3. The minimum atomic E-state index is 0.0469. The lowest BCUT2D eigenvalue weighted by molar-refractivity contribution is 0.0746. The number of benzene rings is 1. The van der Waals surface area contributed by atoms with Crippen LogP contribution in [0.2, 0.25) is 0 Å². The van der Waals surface area contributed by atoms with Gasteiger partial charge in [-0.05, 0) is 38.1 Å². The van der Waals surface area contributed by atoms with Crippen molar-refractivity contribution in [3.05, 3.63) is 60.4 Å². The Balaban J connectivity index is 1.42. The van der Waals surface area contributed by atoms with Gasteiger partial charge in [-0.15, -0.1) is 0 Å². The van der Waals surface area contributed by atoms with Gasteiger partial charge in [-0.3, -0.25) is 9.36 Å². The Morgan fingerprint density at radius 3 is 2.45 bits per heavy atom. The molecule has 0 aliphatic carbocycles. The average molecular weight is 392 g/mol. The van der Waals surface area contributed by atoms with Crippen LogP contribution in [0.15, 0.2) is 49.1 Å². The Bertz CT molecular complexity index is 963. The second-order valence-electron chi connectivity index (χ2n) is 6.84. The van der Waals surface area contributed by atoms with Crippen LogP contribution in [-0.4, -0.2) is 63.1 Å². The summed E-state index contributed by atoms with van der Waals surface area (Å²) in [6, 6.07) is 9.29. The highest BCUT2D eigenvalue weighted by Crippen LogP contribution is 2.19. The summed E-state index contributed by atoms with van der Waals surface area (Å²) >= 11 is 0. The first-order valence-corrected chi connectivity index (χ1v) is 9.75. The second-order valence-corrected chi connectivity index (χ2v) is 6.84. The number of imidazole rings is 1. The van der Waals surface area contributed by atoms with Gasteiger partial charge in [0.1, 0.15) is 29.5 Å². The summed E-state index contributed by atoms with van der Waals surface area (Å²) in [5.74, 6) is 3.19. The van der Waals surface area contributed by atoms with E-state index in [-0.39, 0.29) is 5.91 Å². The summed E-state index contributed by atoms with van der Waals surface area (Å²) in [6.45, 7) is 7.18. The largest absolute Gasteiger partial charge is 0.494 e. The van der Waals surface area contributed by atoms with E-state index in [1.807, 2.05) is 59.8 Å². The number of aryl methyl sites for hydroxylation is 1. The molecule has 3 heterocycles. The number of nitrogens with zero attached hydrogens (tertiary/aromatic N) is 6. The van der Waals surface area contributed by atoms with Gasteiger partial charge in [-0.1, -0.05) is 0 Å². The lowest BCUT2D eigenvalue weighted by Crippen LogP contribution is -2.49. The van der Waals surface area contributed by atoms with E-state index in [4.69, 9.17) is 4.74 Å². The third-order valence-electron chi connectivity index (χ3n) is 4.88. The molecule has 1 amide bonds. The number of anilines is 1. The van der Waals surface area contributed by atoms with Crippen molar-refractivity contribution in [1.82, 2.24) is 24.4 Å². The SMILES string of the molecule is CCOc1ccc(C(=O)N2CCN(c3cc(-n4ccnc4)nc(C)n3)CC2)cc1. The maximum absolute atomic E-state index is 12.8. The van der Waals surface area contributed by atoms with Gasteiger partial charge in [-0.25, -0.2) is 15.0 Å². The summed E-state index contributed by atoms with van der Waals surface area (Å²) < 4.78 is 7.31. The molecule has 1 saturated heterocycles. The number of carbonyl (C=O) groups is 1.